The number of likely N-dealkylation sites (tertiary alicyclic amines) is 1. The fraction of sp³-hybridized carbons (Fsp3) is 0.348. The normalized spacial score (nSPS) is 23.9. The van der Waals surface area contributed by atoms with Crippen LogP contribution in [0.2, 0.25) is 0 Å². The largest absolute Gasteiger partial charge is 0.496 e. The molecule has 0 unspecified atom stereocenters. The number of benzene rings is 2. The molecule has 5 rings (SSSR count). The summed E-state index contributed by atoms with van der Waals surface area (Å²) >= 11 is 0. The average molecular weight is 375 g/mol. The van der Waals surface area contributed by atoms with Crippen molar-refractivity contribution in [3.8, 4) is 5.75 Å². The second-order valence-electron chi connectivity index (χ2n) is 7.95. The number of carbonyl (C=O) groups is 1. The van der Waals surface area contributed by atoms with Gasteiger partial charge in [0.1, 0.15) is 11.4 Å². The average Bonchev–Trinajstić information content (AvgIpc) is 3.41. The molecule has 3 atom stereocenters. The van der Waals surface area contributed by atoms with E-state index in [1.807, 2.05) is 24.3 Å². The lowest BCUT2D eigenvalue weighted by Crippen LogP contribution is -2.35. The summed E-state index contributed by atoms with van der Waals surface area (Å²) in [6.07, 6.45) is 0. The van der Waals surface area contributed by atoms with Gasteiger partial charge in [0.05, 0.1) is 13.2 Å². The van der Waals surface area contributed by atoms with Gasteiger partial charge in [-0.25, -0.2) is 0 Å². The molecule has 0 aliphatic carbocycles. The fourth-order valence-corrected chi connectivity index (χ4v) is 5.02. The van der Waals surface area contributed by atoms with Gasteiger partial charge in [-0.1, -0.05) is 30.3 Å². The standard InChI is InChI=1S/C23H25N3O2/c1-14-6-3-4-7-16(14)22-18-12-24-11-15(18)13-26(22)23(27)20-10-17-19(25-20)8-5-9-21(17)28-2/h3-10,15,18,22,24-25H,11-13H2,1-2H3/t15-,18-,22+/m0/s1. The van der Waals surface area contributed by atoms with Crippen molar-refractivity contribution in [3.63, 3.8) is 0 Å². The Kier molecular flexibility index (Phi) is 4.13. The zero-order valence-corrected chi connectivity index (χ0v) is 16.2. The maximum absolute atomic E-state index is 13.6. The van der Waals surface area contributed by atoms with E-state index >= 15 is 0 Å². The van der Waals surface area contributed by atoms with Crippen molar-refractivity contribution >= 4 is 16.8 Å². The molecular weight excluding hydrogens is 350 g/mol. The van der Waals surface area contributed by atoms with Crippen LogP contribution in [0.4, 0.5) is 0 Å². The SMILES string of the molecule is COc1cccc2[nH]c(C(=O)N3C[C@@H]4CNC[C@@H]4[C@H]3c3ccccc3C)cc12. The van der Waals surface area contributed by atoms with Crippen LogP contribution in [0.25, 0.3) is 10.9 Å². The smallest absolute Gasteiger partial charge is 0.270 e. The molecule has 1 amide bonds. The number of aryl methyl sites for hydroxylation is 1. The minimum Gasteiger partial charge on any atom is -0.496 e. The van der Waals surface area contributed by atoms with E-state index in [9.17, 15) is 4.79 Å². The molecule has 2 saturated heterocycles. The van der Waals surface area contributed by atoms with Gasteiger partial charge in [0.15, 0.2) is 0 Å². The van der Waals surface area contributed by atoms with Crippen molar-refractivity contribution < 1.29 is 9.53 Å². The highest BCUT2D eigenvalue weighted by atomic mass is 16.5. The van der Waals surface area contributed by atoms with Gasteiger partial charge < -0.3 is 19.9 Å². The maximum atomic E-state index is 13.6. The van der Waals surface area contributed by atoms with Crippen LogP contribution in [0.5, 0.6) is 5.75 Å². The van der Waals surface area contributed by atoms with Crippen LogP contribution in [0, 0.1) is 18.8 Å². The number of ether oxygens (including phenoxy) is 1. The maximum Gasteiger partial charge on any atom is 0.270 e. The molecule has 1 aromatic heterocycles. The summed E-state index contributed by atoms with van der Waals surface area (Å²) in [5, 5.41) is 4.46. The third-order valence-corrected chi connectivity index (χ3v) is 6.41. The van der Waals surface area contributed by atoms with E-state index in [-0.39, 0.29) is 11.9 Å². The highest BCUT2D eigenvalue weighted by molar-refractivity contribution is 6.00. The Morgan fingerprint density at radius 3 is 2.82 bits per heavy atom. The number of fused-ring (bicyclic) bond motifs is 2. The number of nitrogens with zero attached hydrogens (tertiary/aromatic N) is 1. The summed E-state index contributed by atoms with van der Waals surface area (Å²) < 4.78 is 5.46. The van der Waals surface area contributed by atoms with Crippen LogP contribution < -0.4 is 10.1 Å². The molecule has 0 bridgehead atoms. The van der Waals surface area contributed by atoms with Crippen LogP contribution in [0.1, 0.15) is 27.7 Å². The molecule has 144 valence electrons. The molecule has 5 heteroatoms. The lowest BCUT2D eigenvalue weighted by molar-refractivity contribution is 0.0708. The Morgan fingerprint density at radius 1 is 1.14 bits per heavy atom. The Labute approximate surface area is 164 Å². The monoisotopic (exact) mass is 375 g/mol. The molecule has 2 N–H and O–H groups in total. The number of rotatable bonds is 3. The van der Waals surface area contributed by atoms with Gasteiger partial charge in [-0.2, -0.15) is 0 Å². The minimum absolute atomic E-state index is 0.0703. The number of amides is 1. The Bertz CT molecular complexity index is 1040. The van der Waals surface area contributed by atoms with Gasteiger partial charge in [-0.15, -0.1) is 0 Å². The van der Waals surface area contributed by atoms with Crippen LogP contribution in [0.3, 0.4) is 0 Å². The number of carbonyl (C=O) groups excluding carboxylic acids is 1. The summed E-state index contributed by atoms with van der Waals surface area (Å²) in [4.78, 5) is 19.0. The first-order valence-corrected chi connectivity index (χ1v) is 9.90. The molecule has 5 nitrogen and oxygen atoms in total. The molecule has 2 aliphatic rings. The number of aromatic nitrogens is 1. The summed E-state index contributed by atoms with van der Waals surface area (Å²) in [6, 6.07) is 16.3. The Balaban J connectivity index is 1.55. The zero-order chi connectivity index (χ0) is 19.3. The summed E-state index contributed by atoms with van der Waals surface area (Å²) in [7, 11) is 1.66. The van der Waals surface area contributed by atoms with Gasteiger partial charge in [0.2, 0.25) is 0 Å². The van der Waals surface area contributed by atoms with E-state index < -0.39 is 0 Å². The lowest BCUT2D eigenvalue weighted by atomic mass is 9.87. The highest BCUT2D eigenvalue weighted by Gasteiger charge is 2.47. The molecule has 2 aromatic carbocycles. The first-order valence-electron chi connectivity index (χ1n) is 9.90. The predicted molar refractivity (Wildman–Crippen MR) is 110 cm³/mol. The molecular formula is C23H25N3O2. The van der Waals surface area contributed by atoms with Crippen LogP contribution >= 0.6 is 0 Å². The van der Waals surface area contributed by atoms with Gasteiger partial charge >= 0.3 is 0 Å². The molecule has 3 heterocycles. The lowest BCUT2D eigenvalue weighted by Gasteiger charge is -2.29. The summed E-state index contributed by atoms with van der Waals surface area (Å²) in [5.74, 6) is 1.82. The Hall–Kier alpha value is -2.79. The third-order valence-electron chi connectivity index (χ3n) is 6.41. The van der Waals surface area contributed by atoms with Crippen molar-refractivity contribution in [1.29, 1.82) is 0 Å². The zero-order valence-electron chi connectivity index (χ0n) is 16.2. The van der Waals surface area contributed by atoms with E-state index in [0.29, 0.717) is 17.5 Å². The van der Waals surface area contributed by atoms with Gasteiger partial charge in [-0.3, -0.25) is 4.79 Å². The van der Waals surface area contributed by atoms with Crippen LogP contribution in [-0.2, 0) is 0 Å². The van der Waals surface area contributed by atoms with Gasteiger partial charge in [0.25, 0.3) is 5.91 Å². The second kappa shape index (κ2) is 6.67. The molecule has 28 heavy (non-hydrogen) atoms. The minimum atomic E-state index is 0.0703. The summed E-state index contributed by atoms with van der Waals surface area (Å²) in [5.41, 5.74) is 4.07. The van der Waals surface area contributed by atoms with Crippen molar-refractivity contribution in [2.45, 2.75) is 13.0 Å². The van der Waals surface area contributed by atoms with Crippen LogP contribution in [0.15, 0.2) is 48.5 Å². The second-order valence-corrected chi connectivity index (χ2v) is 7.95. The molecule has 0 spiro atoms. The number of H-pyrrole nitrogens is 1. The number of hydrogen-bond donors (Lipinski definition) is 2. The molecule has 0 saturated carbocycles. The quantitative estimate of drug-likeness (QED) is 0.736. The van der Waals surface area contributed by atoms with E-state index in [2.05, 4.69) is 46.4 Å². The number of nitrogens with one attached hydrogen (secondary N) is 2. The van der Waals surface area contributed by atoms with E-state index in [1.54, 1.807) is 7.11 Å². The fourth-order valence-electron chi connectivity index (χ4n) is 5.02. The highest BCUT2D eigenvalue weighted by Crippen LogP contribution is 2.44. The first kappa shape index (κ1) is 17.3. The number of aromatic amines is 1. The van der Waals surface area contributed by atoms with E-state index in [4.69, 9.17) is 4.74 Å². The van der Waals surface area contributed by atoms with Crippen molar-refractivity contribution in [3.05, 3.63) is 65.4 Å². The topological polar surface area (TPSA) is 57.4 Å². The van der Waals surface area contributed by atoms with Crippen molar-refractivity contribution in [2.24, 2.45) is 11.8 Å². The molecule has 0 radical (unpaired) electrons. The summed E-state index contributed by atoms with van der Waals surface area (Å²) in [6.45, 7) is 4.88. The molecule has 2 aliphatic heterocycles. The third kappa shape index (κ3) is 2.61. The van der Waals surface area contributed by atoms with E-state index in [0.717, 1.165) is 36.3 Å². The molecule has 2 fully saturated rings. The van der Waals surface area contributed by atoms with Crippen molar-refractivity contribution in [1.82, 2.24) is 15.2 Å². The van der Waals surface area contributed by atoms with E-state index in [1.165, 1.54) is 11.1 Å². The van der Waals surface area contributed by atoms with Crippen LogP contribution in [-0.4, -0.2) is 42.5 Å². The first-order chi connectivity index (χ1) is 13.7. The predicted octanol–water partition coefficient (Wildman–Crippen LogP) is 3.52. The van der Waals surface area contributed by atoms with Gasteiger partial charge in [-0.05, 0) is 42.2 Å². The van der Waals surface area contributed by atoms with Gasteiger partial charge in [0, 0.05) is 36.5 Å². The molecule has 3 aromatic rings. The Morgan fingerprint density at radius 2 is 2.00 bits per heavy atom. The van der Waals surface area contributed by atoms with Crippen molar-refractivity contribution in [2.75, 3.05) is 26.7 Å². The number of hydrogen-bond acceptors (Lipinski definition) is 3. The number of methoxy groups -OCH3 is 1.